The Bertz CT molecular complexity index is 960. The minimum atomic E-state index is -2.67. The van der Waals surface area contributed by atoms with Crippen molar-refractivity contribution >= 4 is 20.3 Å². The minimum absolute atomic E-state index is 0.140. The summed E-state index contributed by atoms with van der Waals surface area (Å²) in [7, 11) is -2.67. The van der Waals surface area contributed by atoms with Crippen LogP contribution in [0.4, 0.5) is 0 Å². The molecule has 0 aromatic heterocycles. The van der Waals surface area contributed by atoms with Crippen LogP contribution in [-0.2, 0) is 32.1 Å². The van der Waals surface area contributed by atoms with Gasteiger partial charge in [0.25, 0.3) is 14.3 Å². The van der Waals surface area contributed by atoms with E-state index in [2.05, 4.69) is 36.4 Å². The maximum atomic E-state index is 13.5. The molecule has 0 spiro atoms. The van der Waals surface area contributed by atoms with Gasteiger partial charge in [0.1, 0.15) is 0 Å². The molecule has 0 heterocycles. The van der Waals surface area contributed by atoms with Gasteiger partial charge in [-0.25, -0.2) is 0 Å². The van der Waals surface area contributed by atoms with E-state index in [4.69, 9.17) is 4.43 Å². The monoisotopic (exact) mass is 472 g/mol. The summed E-state index contributed by atoms with van der Waals surface area (Å²) < 4.78 is 6.64. The smallest absolute Gasteiger partial charge is 0.306 e. The van der Waals surface area contributed by atoms with E-state index in [1.807, 2.05) is 54.6 Å². The number of carbonyl (C=O) groups is 2. The highest BCUT2D eigenvalue weighted by atomic mass is 28.4. The number of hydrogen-bond acceptors (Lipinski definition) is 3. The van der Waals surface area contributed by atoms with E-state index in [0.29, 0.717) is 25.7 Å². The summed E-state index contributed by atoms with van der Waals surface area (Å²) in [4.78, 5) is 24.9. The van der Waals surface area contributed by atoms with Crippen LogP contribution in [0.5, 0.6) is 0 Å². The molecule has 0 unspecified atom stereocenters. The first-order valence-electron chi connectivity index (χ1n) is 12.1. The zero-order chi connectivity index (χ0) is 23.8. The first kappa shape index (κ1) is 24.0. The minimum Gasteiger partial charge on any atom is -0.518 e. The Morgan fingerprint density at radius 2 is 1.00 bits per heavy atom. The van der Waals surface area contributed by atoms with Crippen LogP contribution in [0.2, 0.25) is 0 Å². The van der Waals surface area contributed by atoms with Crippen molar-refractivity contribution in [3.63, 3.8) is 0 Å². The summed E-state index contributed by atoms with van der Waals surface area (Å²) in [5.74, 6) is -1.46. The van der Waals surface area contributed by atoms with E-state index >= 15 is 0 Å². The topological polar surface area (TPSA) is 63.6 Å². The third-order valence-corrected chi connectivity index (χ3v) is 10.6. The molecule has 1 N–H and O–H groups in total. The highest BCUT2D eigenvalue weighted by molar-refractivity contribution is 6.73. The number of aliphatic carboxylic acids is 1. The van der Waals surface area contributed by atoms with Crippen LogP contribution in [0, 0.1) is 11.8 Å². The van der Waals surface area contributed by atoms with Crippen LogP contribution < -0.4 is 0 Å². The largest absolute Gasteiger partial charge is 0.518 e. The van der Waals surface area contributed by atoms with Crippen molar-refractivity contribution in [1.82, 2.24) is 0 Å². The average Bonchev–Trinajstić information content (AvgIpc) is 2.86. The van der Waals surface area contributed by atoms with Gasteiger partial charge < -0.3 is 9.53 Å². The molecule has 4 nitrogen and oxygen atoms in total. The molecule has 1 aliphatic carbocycles. The lowest BCUT2D eigenvalue weighted by molar-refractivity contribution is -0.147. The number of carboxylic acid groups (broad SMARTS) is 1. The lowest BCUT2D eigenvalue weighted by Crippen LogP contribution is -2.50. The van der Waals surface area contributed by atoms with Gasteiger partial charge in [0.05, 0.1) is 11.8 Å². The van der Waals surface area contributed by atoms with Gasteiger partial charge in [-0.3, -0.25) is 9.59 Å². The molecule has 1 aliphatic rings. The fourth-order valence-corrected chi connectivity index (χ4v) is 9.20. The van der Waals surface area contributed by atoms with Gasteiger partial charge in [0.15, 0.2) is 0 Å². The van der Waals surface area contributed by atoms with Crippen LogP contribution in [-0.4, -0.2) is 25.4 Å². The molecule has 0 radical (unpaired) electrons. The molecule has 5 heteroatoms. The van der Waals surface area contributed by atoms with Gasteiger partial charge in [-0.05, 0) is 42.4 Å². The molecule has 3 aromatic carbocycles. The Hall–Kier alpha value is -3.18. The quantitative estimate of drug-likeness (QED) is 0.405. The summed E-state index contributed by atoms with van der Waals surface area (Å²) in [5.41, 5.74) is 3.55. The lowest BCUT2D eigenvalue weighted by atomic mass is 9.82. The number of carbonyl (C=O) groups excluding carboxylic acids is 1. The van der Waals surface area contributed by atoms with Crippen LogP contribution in [0.25, 0.3) is 0 Å². The van der Waals surface area contributed by atoms with E-state index < -0.39 is 14.3 Å². The van der Waals surface area contributed by atoms with Crippen molar-refractivity contribution in [2.24, 2.45) is 11.8 Å². The highest BCUT2D eigenvalue weighted by Gasteiger charge is 2.42. The number of hydrogen-bond donors (Lipinski definition) is 1. The van der Waals surface area contributed by atoms with Gasteiger partial charge in [-0.2, -0.15) is 0 Å². The Balaban J connectivity index is 1.64. The van der Waals surface area contributed by atoms with Gasteiger partial charge >= 0.3 is 5.97 Å². The second-order valence-electron chi connectivity index (χ2n) is 9.48. The summed E-state index contributed by atoms with van der Waals surface area (Å²) in [6.45, 7) is 0. The molecule has 3 aromatic rings. The molecular weight excluding hydrogens is 440 g/mol. The normalized spacial score (nSPS) is 18.2. The molecule has 1 fully saturated rings. The summed E-state index contributed by atoms with van der Waals surface area (Å²) >= 11 is 0. The molecule has 0 amide bonds. The van der Waals surface area contributed by atoms with Crippen molar-refractivity contribution in [2.45, 2.75) is 43.8 Å². The maximum Gasteiger partial charge on any atom is 0.306 e. The molecular formula is C29H32O4Si. The summed E-state index contributed by atoms with van der Waals surface area (Å²) in [5, 5.41) is 9.33. The van der Waals surface area contributed by atoms with Gasteiger partial charge in [0.2, 0.25) is 0 Å². The predicted molar refractivity (Wildman–Crippen MR) is 135 cm³/mol. The maximum absolute atomic E-state index is 13.5. The number of carboxylic acids is 1. The van der Waals surface area contributed by atoms with Crippen LogP contribution in [0.15, 0.2) is 91.0 Å². The fraction of sp³-hybridized carbons (Fsp3) is 0.310. The van der Waals surface area contributed by atoms with Crippen molar-refractivity contribution in [3.05, 3.63) is 108 Å². The summed E-state index contributed by atoms with van der Waals surface area (Å²) in [6, 6.07) is 33.2. The third-order valence-electron chi connectivity index (χ3n) is 6.83. The van der Waals surface area contributed by atoms with E-state index in [-0.39, 0.29) is 17.8 Å². The van der Waals surface area contributed by atoms with Crippen molar-refractivity contribution in [2.75, 3.05) is 0 Å². The Morgan fingerprint density at radius 3 is 1.35 bits per heavy atom. The van der Waals surface area contributed by atoms with E-state index in [1.54, 1.807) is 0 Å². The first-order chi connectivity index (χ1) is 16.5. The molecule has 1 saturated carbocycles. The molecule has 0 bridgehead atoms. The van der Waals surface area contributed by atoms with E-state index in [1.165, 1.54) is 16.7 Å². The Morgan fingerprint density at radius 1 is 0.647 bits per heavy atom. The second-order valence-corrected chi connectivity index (χ2v) is 13.1. The van der Waals surface area contributed by atoms with Gasteiger partial charge in [0, 0.05) is 18.1 Å². The molecule has 0 saturated heterocycles. The third kappa shape index (κ3) is 6.45. The predicted octanol–water partition coefficient (Wildman–Crippen LogP) is 5.71. The SMILES string of the molecule is O=C(O)C1CCC(C(=O)O[Si](Cc2ccccc2)(Cc2ccccc2)Cc2ccccc2)CC1. The molecule has 0 aliphatic heterocycles. The number of benzene rings is 3. The van der Waals surface area contributed by atoms with Crippen LogP contribution in [0.1, 0.15) is 42.4 Å². The van der Waals surface area contributed by atoms with E-state index in [0.717, 1.165) is 18.1 Å². The van der Waals surface area contributed by atoms with E-state index in [9.17, 15) is 14.7 Å². The van der Waals surface area contributed by atoms with Gasteiger partial charge in [-0.15, -0.1) is 0 Å². The zero-order valence-electron chi connectivity index (χ0n) is 19.4. The van der Waals surface area contributed by atoms with Crippen LogP contribution >= 0.6 is 0 Å². The Kier molecular flexibility index (Phi) is 7.96. The first-order valence-corrected chi connectivity index (χ1v) is 14.6. The van der Waals surface area contributed by atoms with Crippen molar-refractivity contribution in [1.29, 1.82) is 0 Å². The fourth-order valence-electron chi connectivity index (χ4n) is 5.07. The molecule has 34 heavy (non-hydrogen) atoms. The Labute approximate surface area is 202 Å². The molecule has 4 rings (SSSR count). The number of rotatable bonds is 9. The highest BCUT2D eigenvalue weighted by Crippen LogP contribution is 2.32. The lowest BCUT2D eigenvalue weighted by Gasteiger charge is -2.34. The standard InChI is InChI=1S/C29H32O4Si/c30-28(31)26-16-18-27(19-17-26)29(32)33-34(20-23-10-4-1-5-11-23,21-24-12-6-2-7-13-24)22-25-14-8-3-9-15-25/h1-15,26-27H,16-22H2,(H,30,31). The summed E-state index contributed by atoms with van der Waals surface area (Å²) in [6.07, 6.45) is 2.25. The van der Waals surface area contributed by atoms with Crippen molar-refractivity contribution in [3.8, 4) is 0 Å². The van der Waals surface area contributed by atoms with Crippen molar-refractivity contribution < 1.29 is 19.1 Å². The van der Waals surface area contributed by atoms with Crippen LogP contribution in [0.3, 0.4) is 0 Å². The zero-order valence-corrected chi connectivity index (χ0v) is 20.4. The molecule has 176 valence electrons. The average molecular weight is 473 g/mol. The second kappa shape index (κ2) is 11.3. The molecule has 0 atom stereocenters. The van der Waals surface area contributed by atoms with Gasteiger partial charge in [-0.1, -0.05) is 91.0 Å².